The second-order valence-corrected chi connectivity index (χ2v) is 15.0. The third-order valence-corrected chi connectivity index (χ3v) is 9.95. The molecule has 11 nitrogen and oxygen atoms in total. The van der Waals surface area contributed by atoms with Gasteiger partial charge in [0.25, 0.3) is 5.91 Å². The topological polar surface area (TPSA) is 124 Å². The minimum absolute atomic E-state index is 0.00744. The Labute approximate surface area is 309 Å². The highest BCUT2D eigenvalue weighted by Crippen LogP contribution is 2.33. The van der Waals surface area contributed by atoms with Crippen molar-refractivity contribution >= 4 is 35.2 Å². The number of hydrogen-bond donors (Lipinski definition) is 2. The molecule has 52 heavy (non-hydrogen) atoms. The predicted octanol–water partition coefficient (Wildman–Crippen LogP) is 8.18. The maximum absolute atomic E-state index is 13.7. The Kier molecular flexibility index (Phi) is 11.1. The Bertz CT molecular complexity index is 2010. The summed E-state index contributed by atoms with van der Waals surface area (Å²) in [6.45, 7) is 9.67. The summed E-state index contributed by atoms with van der Waals surface area (Å²) in [5.74, 6) is 1.78. The molecule has 6 rings (SSSR count). The van der Waals surface area contributed by atoms with E-state index in [0.717, 1.165) is 46.7 Å². The summed E-state index contributed by atoms with van der Waals surface area (Å²) in [7, 11) is 3.08. The molecule has 1 aliphatic heterocycles. The average molecular weight is 720 g/mol. The number of benzene rings is 3. The van der Waals surface area contributed by atoms with Crippen LogP contribution < -0.4 is 20.1 Å². The number of aryl methyl sites for hydroxylation is 1. The first-order valence-electron chi connectivity index (χ1n) is 17.4. The fourth-order valence-electron chi connectivity index (χ4n) is 6.09. The molecule has 1 saturated heterocycles. The molecule has 3 amide bonds. The van der Waals surface area contributed by atoms with E-state index in [9.17, 15) is 9.59 Å². The fourth-order valence-corrected chi connectivity index (χ4v) is 6.97. The zero-order valence-electron chi connectivity index (χ0n) is 30.5. The van der Waals surface area contributed by atoms with Crippen molar-refractivity contribution in [1.29, 1.82) is 0 Å². The van der Waals surface area contributed by atoms with Gasteiger partial charge in [-0.2, -0.15) is 15.1 Å². The Balaban J connectivity index is 1.06. The third kappa shape index (κ3) is 8.92. The highest BCUT2D eigenvalue weighted by atomic mass is 32.2. The summed E-state index contributed by atoms with van der Waals surface area (Å²) >= 11 is 1.31. The van der Waals surface area contributed by atoms with Crippen LogP contribution in [0.25, 0.3) is 5.69 Å². The Morgan fingerprint density at radius 1 is 0.865 bits per heavy atom. The van der Waals surface area contributed by atoms with Crippen molar-refractivity contribution in [3.05, 3.63) is 107 Å². The molecule has 2 aromatic heterocycles. The van der Waals surface area contributed by atoms with E-state index in [1.165, 1.54) is 26.0 Å². The van der Waals surface area contributed by atoms with Crippen molar-refractivity contribution in [2.24, 2.45) is 5.92 Å². The third-order valence-electron chi connectivity index (χ3n) is 9.00. The number of anilines is 2. The number of ether oxygens (including phenoxy) is 2. The second-order valence-electron chi connectivity index (χ2n) is 14.0. The number of aromatic nitrogens is 4. The number of nitrogens with one attached hydrogen (secondary N) is 2. The Morgan fingerprint density at radius 2 is 1.56 bits per heavy atom. The van der Waals surface area contributed by atoms with Crippen LogP contribution in [0, 0.1) is 12.8 Å². The highest BCUT2D eigenvalue weighted by Gasteiger charge is 2.26. The number of carbonyl (C=O) groups is 2. The van der Waals surface area contributed by atoms with Gasteiger partial charge in [-0.3, -0.25) is 10.1 Å². The first-order chi connectivity index (χ1) is 25.0. The first-order valence-corrected chi connectivity index (χ1v) is 18.2. The van der Waals surface area contributed by atoms with Gasteiger partial charge < -0.3 is 19.7 Å². The summed E-state index contributed by atoms with van der Waals surface area (Å²) in [6, 6.07) is 26.8. The van der Waals surface area contributed by atoms with Gasteiger partial charge in [-0.1, -0.05) is 62.7 Å². The van der Waals surface area contributed by atoms with Crippen LogP contribution in [0.2, 0.25) is 0 Å². The molecule has 1 aliphatic rings. The van der Waals surface area contributed by atoms with Gasteiger partial charge in [0.1, 0.15) is 5.82 Å². The van der Waals surface area contributed by atoms with E-state index in [-0.39, 0.29) is 17.4 Å². The summed E-state index contributed by atoms with van der Waals surface area (Å²) < 4.78 is 12.4. The molecule has 270 valence electrons. The number of likely N-dealkylation sites (tertiary alicyclic amines) is 1. The van der Waals surface area contributed by atoms with Crippen LogP contribution in [-0.2, 0) is 11.8 Å². The van der Waals surface area contributed by atoms with E-state index >= 15 is 0 Å². The van der Waals surface area contributed by atoms with Crippen LogP contribution >= 0.6 is 11.8 Å². The standard InChI is InChI=1S/C40H45N7O4S/c1-26-14-16-30(17-15-26)47-34(24-33(45-47)40(2,3)4)42-38(49)41-29-11-9-10-28(23-29)22-27-18-20-46(21-19-27)37(48)31-12-7-8-13-32(31)52-39-43-35(50-5)25-36(44-39)51-6/h7-17,23-25,27H,18-22H2,1-6H3,(H2,41,42,49). The van der Waals surface area contributed by atoms with Crippen molar-refractivity contribution in [3.8, 4) is 17.4 Å². The molecule has 12 heteroatoms. The van der Waals surface area contributed by atoms with Crippen molar-refractivity contribution in [3.63, 3.8) is 0 Å². The Hall–Kier alpha value is -5.36. The van der Waals surface area contributed by atoms with Gasteiger partial charge in [-0.15, -0.1) is 0 Å². The zero-order chi connectivity index (χ0) is 36.8. The molecule has 0 unspecified atom stereocenters. The largest absolute Gasteiger partial charge is 0.481 e. The minimum Gasteiger partial charge on any atom is -0.481 e. The lowest BCUT2D eigenvalue weighted by Crippen LogP contribution is -2.39. The molecule has 0 aliphatic carbocycles. The number of rotatable bonds is 10. The van der Waals surface area contributed by atoms with Gasteiger partial charge >= 0.3 is 6.03 Å². The lowest BCUT2D eigenvalue weighted by atomic mass is 9.90. The minimum atomic E-state index is -0.340. The number of methoxy groups -OCH3 is 2. The molecule has 0 bridgehead atoms. The number of piperidine rings is 1. The molecule has 3 heterocycles. The maximum atomic E-state index is 13.7. The van der Waals surface area contributed by atoms with Crippen LogP contribution in [0.15, 0.2) is 95.0 Å². The molecule has 3 aromatic carbocycles. The summed E-state index contributed by atoms with van der Waals surface area (Å²) in [4.78, 5) is 38.5. The molecule has 5 aromatic rings. The molecule has 0 spiro atoms. The summed E-state index contributed by atoms with van der Waals surface area (Å²) in [5, 5.41) is 11.3. The molecule has 0 radical (unpaired) electrons. The maximum Gasteiger partial charge on any atom is 0.324 e. The molecular weight excluding hydrogens is 675 g/mol. The van der Waals surface area contributed by atoms with Crippen molar-refractivity contribution in [1.82, 2.24) is 24.6 Å². The number of nitrogens with zero attached hydrogens (tertiary/aromatic N) is 5. The SMILES string of the molecule is COc1cc(OC)nc(Sc2ccccc2C(=O)N2CCC(Cc3cccc(NC(=O)Nc4cc(C(C)(C)C)nn4-c4ccc(C)cc4)c3)CC2)n1. The van der Waals surface area contributed by atoms with Crippen molar-refractivity contribution in [2.75, 3.05) is 37.9 Å². The van der Waals surface area contributed by atoms with Gasteiger partial charge in [-0.05, 0) is 85.8 Å². The zero-order valence-corrected chi connectivity index (χ0v) is 31.3. The fraction of sp³-hybridized carbons (Fsp3) is 0.325. The van der Waals surface area contributed by atoms with Crippen LogP contribution in [0.3, 0.4) is 0 Å². The van der Waals surface area contributed by atoms with Gasteiger partial charge in [0.05, 0.1) is 37.2 Å². The predicted molar refractivity (Wildman–Crippen MR) is 204 cm³/mol. The summed E-state index contributed by atoms with van der Waals surface area (Å²) in [6.07, 6.45) is 2.62. The molecule has 2 N–H and O–H groups in total. The quantitative estimate of drug-likeness (QED) is 0.139. The highest BCUT2D eigenvalue weighted by molar-refractivity contribution is 7.99. The average Bonchev–Trinajstić information content (AvgIpc) is 3.56. The Morgan fingerprint density at radius 3 is 2.23 bits per heavy atom. The lowest BCUT2D eigenvalue weighted by molar-refractivity contribution is 0.0687. The van der Waals surface area contributed by atoms with Crippen LogP contribution in [-0.4, -0.2) is 63.9 Å². The smallest absolute Gasteiger partial charge is 0.324 e. The van der Waals surface area contributed by atoms with E-state index in [1.54, 1.807) is 10.7 Å². The molecule has 1 fully saturated rings. The number of carbonyl (C=O) groups excluding carboxylic acids is 2. The van der Waals surface area contributed by atoms with Crippen LogP contribution in [0.4, 0.5) is 16.3 Å². The van der Waals surface area contributed by atoms with Gasteiger partial charge in [-0.25, -0.2) is 9.48 Å². The van der Waals surface area contributed by atoms with Gasteiger partial charge in [0.2, 0.25) is 11.8 Å². The van der Waals surface area contributed by atoms with E-state index < -0.39 is 0 Å². The first kappa shape index (κ1) is 36.4. The van der Waals surface area contributed by atoms with Crippen molar-refractivity contribution in [2.45, 2.75) is 62.4 Å². The van der Waals surface area contributed by atoms with E-state index in [1.807, 2.05) is 84.6 Å². The van der Waals surface area contributed by atoms with E-state index in [2.05, 4.69) is 47.4 Å². The monoisotopic (exact) mass is 719 g/mol. The van der Waals surface area contributed by atoms with Crippen LogP contribution in [0.1, 0.15) is 60.8 Å². The lowest BCUT2D eigenvalue weighted by Gasteiger charge is -2.32. The molecule has 0 atom stereocenters. The van der Waals surface area contributed by atoms with Crippen LogP contribution in [0.5, 0.6) is 11.8 Å². The van der Waals surface area contributed by atoms with Gasteiger partial charge in [0.15, 0.2) is 5.16 Å². The number of urea groups is 1. The van der Waals surface area contributed by atoms with E-state index in [4.69, 9.17) is 14.6 Å². The van der Waals surface area contributed by atoms with Gasteiger partial charge in [0, 0.05) is 35.2 Å². The number of amides is 3. The number of hydrogen-bond acceptors (Lipinski definition) is 8. The molecular formula is C40H45N7O4S. The van der Waals surface area contributed by atoms with Crippen molar-refractivity contribution < 1.29 is 19.1 Å². The van der Waals surface area contributed by atoms with E-state index in [0.29, 0.717) is 53.0 Å². The normalized spacial score (nSPS) is 13.5. The summed E-state index contributed by atoms with van der Waals surface area (Å²) in [5.41, 5.74) is 5.18. The molecule has 0 saturated carbocycles. The second kappa shape index (κ2) is 15.9.